The summed E-state index contributed by atoms with van der Waals surface area (Å²) in [5.74, 6) is -0.833. The molecule has 1 saturated carbocycles. The molecule has 1 aliphatic carbocycles. The quantitative estimate of drug-likeness (QED) is 0.882. The second-order valence-electron chi connectivity index (χ2n) is 4.71. The van der Waals surface area contributed by atoms with Crippen molar-refractivity contribution in [2.24, 2.45) is 0 Å². The number of hydrogen-bond donors (Lipinski definition) is 2. The monoisotopic (exact) mass is 266 g/mol. The molecule has 2 rings (SSSR count). The first-order chi connectivity index (χ1) is 9.09. The van der Waals surface area contributed by atoms with Crippen LogP contribution in [-0.4, -0.2) is 28.4 Å². The van der Waals surface area contributed by atoms with Gasteiger partial charge in [-0.25, -0.2) is 0 Å². The van der Waals surface area contributed by atoms with Crippen LogP contribution >= 0.6 is 0 Å². The van der Waals surface area contributed by atoms with Gasteiger partial charge in [0.1, 0.15) is 0 Å². The maximum absolute atomic E-state index is 9.72. The van der Waals surface area contributed by atoms with Crippen molar-refractivity contribution in [2.75, 3.05) is 0 Å². The number of aliphatic hydroxyl groups is 1. The highest BCUT2D eigenvalue weighted by Gasteiger charge is 2.23. The Bertz CT molecular complexity index is 360. The first-order valence-electron chi connectivity index (χ1n) is 6.62. The van der Waals surface area contributed by atoms with Gasteiger partial charge in [0, 0.05) is 6.92 Å². The predicted molar refractivity (Wildman–Crippen MR) is 72.8 cm³/mol. The van der Waals surface area contributed by atoms with Crippen molar-refractivity contribution >= 4 is 5.97 Å². The normalized spacial score (nSPS) is 22.2. The second-order valence-corrected chi connectivity index (χ2v) is 4.71. The summed E-state index contributed by atoms with van der Waals surface area (Å²) in [6.07, 6.45) is 3.97. The van der Waals surface area contributed by atoms with Crippen molar-refractivity contribution < 1.29 is 19.7 Å². The molecule has 0 aliphatic heterocycles. The lowest BCUT2D eigenvalue weighted by Crippen LogP contribution is -2.32. The van der Waals surface area contributed by atoms with Gasteiger partial charge in [-0.1, -0.05) is 43.2 Å². The van der Waals surface area contributed by atoms with Gasteiger partial charge in [0.25, 0.3) is 5.97 Å². The molecule has 2 N–H and O–H groups in total. The van der Waals surface area contributed by atoms with E-state index in [0.717, 1.165) is 26.2 Å². The predicted octanol–water partition coefficient (Wildman–Crippen LogP) is 2.60. The van der Waals surface area contributed by atoms with Crippen LogP contribution < -0.4 is 0 Å². The SMILES string of the molecule is CC(=O)O.O[C@@H]1CCCC[C@H]1OCc1ccccc1. The average Bonchev–Trinajstić information content (AvgIpc) is 2.38. The van der Waals surface area contributed by atoms with Crippen molar-refractivity contribution in [2.45, 2.75) is 51.4 Å². The van der Waals surface area contributed by atoms with Crippen molar-refractivity contribution in [3.8, 4) is 0 Å². The number of ether oxygens (including phenoxy) is 1. The number of aliphatic carboxylic acids is 1. The number of carboxylic acid groups (broad SMARTS) is 1. The first kappa shape index (κ1) is 15.7. The van der Waals surface area contributed by atoms with Crippen molar-refractivity contribution in [3.05, 3.63) is 35.9 Å². The maximum atomic E-state index is 9.72. The van der Waals surface area contributed by atoms with Gasteiger partial charge in [-0.05, 0) is 18.4 Å². The number of aliphatic hydroxyl groups excluding tert-OH is 1. The second kappa shape index (κ2) is 8.67. The highest BCUT2D eigenvalue weighted by Crippen LogP contribution is 2.22. The van der Waals surface area contributed by atoms with E-state index in [9.17, 15) is 5.11 Å². The lowest BCUT2D eigenvalue weighted by molar-refractivity contribution is -0.134. The van der Waals surface area contributed by atoms with E-state index in [2.05, 4.69) is 12.1 Å². The number of carboxylic acids is 1. The molecule has 1 aromatic carbocycles. The summed E-state index contributed by atoms with van der Waals surface area (Å²) in [7, 11) is 0. The van der Waals surface area contributed by atoms with Gasteiger partial charge < -0.3 is 14.9 Å². The average molecular weight is 266 g/mol. The molecule has 0 bridgehead atoms. The zero-order valence-corrected chi connectivity index (χ0v) is 11.3. The summed E-state index contributed by atoms with van der Waals surface area (Å²) in [6, 6.07) is 10.1. The highest BCUT2D eigenvalue weighted by atomic mass is 16.5. The molecule has 0 saturated heterocycles. The van der Waals surface area contributed by atoms with E-state index < -0.39 is 5.97 Å². The summed E-state index contributed by atoms with van der Waals surface area (Å²) in [5.41, 5.74) is 1.18. The van der Waals surface area contributed by atoms with Crippen LogP contribution in [0.25, 0.3) is 0 Å². The molecule has 4 heteroatoms. The molecular weight excluding hydrogens is 244 g/mol. The fourth-order valence-electron chi connectivity index (χ4n) is 2.05. The third-order valence-electron chi connectivity index (χ3n) is 2.97. The molecule has 0 unspecified atom stereocenters. The zero-order valence-electron chi connectivity index (χ0n) is 11.3. The number of benzene rings is 1. The van der Waals surface area contributed by atoms with Gasteiger partial charge in [0.05, 0.1) is 18.8 Å². The molecule has 19 heavy (non-hydrogen) atoms. The Balaban J connectivity index is 0.000000399. The molecule has 0 amide bonds. The molecule has 0 aromatic heterocycles. The van der Waals surface area contributed by atoms with Crippen LogP contribution in [0.3, 0.4) is 0 Å². The van der Waals surface area contributed by atoms with E-state index in [0.29, 0.717) is 6.61 Å². The summed E-state index contributed by atoms with van der Waals surface area (Å²) in [6.45, 7) is 1.70. The topological polar surface area (TPSA) is 66.8 Å². The van der Waals surface area contributed by atoms with Crippen LogP contribution in [0.1, 0.15) is 38.2 Å². The summed E-state index contributed by atoms with van der Waals surface area (Å²) in [4.78, 5) is 9.00. The fourth-order valence-corrected chi connectivity index (χ4v) is 2.05. The molecule has 2 atom stereocenters. The van der Waals surface area contributed by atoms with Gasteiger partial charge in [0.15, 0.2) is 0 Å². The molecule has 1 aromatic rings. The Morgan fingerprint density at radius 1 is 1.26 bits per heavy atom. The van der Waals surface area contributed by atoms with Crippen LogP contribution in [0.5, 0.6) is 0 Å². The Kier molecular flexibility index (Phi) is 7.15. The Morgan fingerprint density at radius 2 is 1.84 bits per heavy atom. The lowest BCUT2D eigenvalue weighted by Gasteiger charge is -2.27. The molecule has 1 aliphatic rings. The van der Waals surface area contributed by atoms with Crippen LogP contribution in [-0.2, 0) is 16.1 Å². The van der Waals surface area contributed by atoms with Crippen LogP contribution in [0.2, 0.25) is 0 Å². The van der Waals surface area contributed by atoms with E-state index in [1.165, 1.54) is 12.0 Å². The standard InChI is InChI=1S/C13H18O2.C2H4O2/c14-12-8-4-5-9-13(12)15-10-11-6-2-1-3-7-11;1-2(3)4/h1-3,6-7,12-14H,4-5,8-10H2;1H3,(H,3,4)/t12-,13-;/m1./s1. The third kappa shape index (κ3) is 6.94. The summed E-state index contributed by atoms with van der Waals surface area (Å²) < 4.78 is 5.73. The molecule has 0 heterocycles. The first-order valence-corrected chi connectivity index (χ1v) is 6.62. The van der Waals surface area contributed by atoms with Crippen LogP contribution in [0, 0.1) is 0 Å². The molecule has 106 valence electrons. The maximum Gasteiger partial charge on any atom is 0.300 e. The molecule has 0 spiro atoms. The fraction of sp³-hybridized carbons (Fsp3) is 0.533. The van der Waals surface area contributed by atoms with Gasteiger partial charge in [-0.15, -0.1) is 0 Å². The van der Waals surface area contributed by atoms with E-state index >= 15 is 0 Å². The zero-order chi connectivity index (χ0) is 14.1. The van der Waals surface area contributed by atoms with Crippen molar-refractivity contribution in [1.29, 1.82) is 0 Å². The van der Waals surface area contributed by atoms with Crippen LogP contribution in [0.15, 0.2) is 30.3 Å². The van der Waals surface area contributed by atoms with Crippen molar-refractivity contribution in [3.63, 3.8) is 0 Å². The minimum absolute atomic E-state index is 0.0407. The van der Waals surface area contributed by atoms with E-state index in [-0.39, 0.29) is 12.2 Å². The summed E-state index contributed by atoms with van der Waals surface area (Å²) >= 11 is 0. The minimum atomic E-state index is -0.833. The Morgan fingerprint density at radius 3 is 2.42 bits per heavy atom. The molecular formula is C15H22O4. The number of hydrogen-bond acceptors (Lipinski definition) is 3. The number of rotatable bonds is 3. The smallest absolute Gasteiger partial charge is 0.300 e. The van der Waals surface area contributed by atoms with Gasteiger partial charge >= 0.3 is 0 Å². The van der Waals surface area contributed by atoms with Gasteiger partial charge in [-0.2, -0.15) is 0 Å². The van der Waals surface area contributed by atoms with Crippen molar-refractivity contribution in [1.82, 2.24) is 0 Å². The molecule has 1 fully saturated rings. The minimum Gasteiger partial charge on any atom is -0.481 e. The van der Waals surface area contributed by atoms with Gasteiger partial charge in [0.2, 0.25) is 0 Å². The lowest BCUT2D eigenvalue weighted by atomic mass is 9.95. The van der Waals surface area contributed by atoms with E-state index in [1.54, 1.807) is 0 Å². The third-order valence-corrected chi connectivity index (χ3v) is 2.97. The highest BCUT2D eigenvalue weighted by molar-refractivity contribution is 5.62. The Hall–Kier alpha value is -1.39. The van der Waals surface area contributed by atoms with E-state index in [4.69, 9.17) is 14.6 Å². The molecule has 0 radical (unpaired) electrons. The summed E-state index contributed by atoms with van der Waals surface area (Å²) in [5, 5.41) is 17.1. The largest absolute Gasteiger partial charge is 0.481 e. The number of carbonyl (C=O) groups is 1. The van der Waals surface area contributed by atoms with Crippen LogP contribution in [0.4, 0.5) is 0 Å². The van der Waals surface area contributed by atoms with Gasteiger partial charge in [-0.3, -0.25) is 4.79 Å². The Labute approximate surface area is 114 Å². The molecule has 4 nitrogen and oxygen atoms in total. The van der Waals surface area contributed by atoms with E-state index in [1.807, 2.05) is 18.2 Å².